The maximum atomic E-state index is 12.8. The third kappa shape index (κ3) is 1.31. The number of rotatable bonds is 0. The number of pyridine rings is 1. The molecule has 0 atom stereocenters. The molecule has 0 amide bonds. The van der Waals surface area contributed by atoms with Crippen molar-refractivity contribution >= 4 is 22.4 Å². The van der Waals surface area contributed by atoms with Crippen LogP contribution in [0.2, 0.25) is 5.15 Å². The summed E-state index contributed by atoms with van der Waals surface area (Å²) in [5.41, 5.74) is 0. The predicted octanol–water partition coefficient (Wildman–Crippen LogP) is 2.73. The number of hydrogen-bond donors (Lipinski definition) is 1. The van der Waals surface area contributed by atoms with Gasteiger partial charge in [-0.15, -0.1) is 0 Å². The minimum Gasteiger partial charge on any atom is -0.506 e. The van der Waals surface area contributed by atoms with Crippen LogP contribution in [-0.4, -0.2) is 10.1 Å². The van der Waals surface area contributed by atoms with Gasteiger partial charge in [-0.2, -0.15) is 0 Å². The van der Waals surface area contributed by atoms with Crippen molar-refractivity contribution < 1.29 is 9.50 Å². The monoisotopic (exact) mass is 197 g/mol. The van der Waals surface area contributed by atoms with Gasteiger partial charge in [0.05, 0.1) is 6.20 Å². The van der Waals surface area contributed by atoms with Gasteiger partial charge in [0.2, 0.25) is 0 Å². The standard InChI is InChI=1S/C9H5ClFNO/c10-9-7-3-5(11)1-2-6(7)8(13)4-12-9/h1-4,13H. The molecule has 1 aromatic carbocycles. The van der Waals surface area contributed by atoms with Gasteiger partial charge in [-0.05, 0) is 18.2 Å². The molecular weight excluding hydrogens is 193 g/mol. The van der Waals surface area contributed by atoms with E-state index in [0.29, 0.717) is 10.8 Å². The average molecular weight is 198 g/mol. The fourth-order valence-electron chi connectivity index (χ4n) is 1.17. The maximum absolute atomic E-state index is 12.8. The quantitative estimate of drug-likeness (QED) is 0.659. The molecule has 0 bridgehead atoms. The average Bonchev–Trinajstić information content (AvgIpc) is 2.12. The molecule has 0 aliphatic carbocycles. The molecule has 1 heterocycles. The van der Waals surface area contributed by atoms with Gasteiger partial charge in [-0.3, -0.25) is 0 Å². The summed E-state index contributed by atoms with van der Waals surface area (Å²) in [6, 6.07) is 3.97. The molecule has 4 heteroatoms. The topological polar surface area (TPSA) is 33.1 Å². The van der Waals surface area contributed by atoms with Crippen LogP contribution >= 0.6 is 11.6 Å². The molecule has 0 saturated carbocycles. The molecule has 2 rings (SSSR count). The third-order valence-corrected chi connectivity index (χ3v) is 2.08. The van der Waals surface area contributed by atoms with E-state index in [-0.39, 0.29) is 10.9 Å². The first-order chi connectivity index (χ1) is 6.18. The highest BCUT2D eigenvalue weighted by Gasteiger charge is 2.05. The second kappa shape index (κ2) is 2.85. The van der Waals surface area contributed by atoms with E-state index < -0.39 is 5.82 Å². The minimum atomic E-state index is -0.401. The zero-order valence-electron chi connectivity index (χ0n) is 6.46. The van der Waals surface area contributed by atoms with E-state index in [9.17, 15) is 9.50 Å². The molecule has 2 nitrogen and oxygen atoms in total. The van der Waals surface area contributed by atoms with Gasteiger partial charge in [0, 0.05) is 10.8 Å². The third-order valence-electron chi connectivity index (χ3n) is 1.78. The zero-order chi connectivity index (χ0) is 9.42. The molecule has 0 aliphatic heterocycles. The smallest absolute Gasteiger partial charge is 0.141 e. The second-order valence-electron chi connectivity index (χ2n) is 2.62. The fraction of sp³-hybridized carbons (Fsp3) is 0. The Morgan fingerprint density at radius 3 is 2.85 bits per heavy atom. The van der Waals surface area contributed by atoms with Gasteiger partial charge in [-0.25, -0.2) is 9.37 Å². The Hall–Kier alpha value is -1.35. The van der Waals surface area contributed by atoms with Gasteiger partial charge >= 0.3 is 0 Å². The molecule has 0 saturated heterocycles. The highest BCUT2D eigenvalue weighted by molar-refractivity contribution is 6.34. The molecule has 0 aliphatic rings. The van der Waals surface area contributed by atoms with Crippen molar-refractivity contribution in [3.8, 4) is 5.75 Å². The van der Waals surface area contributed by atoms with Gasteiger partial charge in [-0.1, -0.05) is 11.6 Å². The maximum Gasteiger partial charge on any atom is 0.141 e. The number of fused-ring (bicyclic) bond motifs is 1. The van der Waals surface area contributed by atoms with E-state index in [1.807, 2.05) is 0 Å². The Morgan fingerprint density at radius 1 is 1.31 bits per heavy atom. The van der Waals surface area contributed by atoms with Crippen molar-refractivity contribution in [2.75, 3.05) is 0 Å². The summed E-state index contributed by atoms with van der Waals surface area (Å²) >= 11 is 5.71. The van der Waals surface area contributed by atoms with Crippen LogP contribution in [0.25, 0.3) is 10.8 Å². The normalized spacial score (nSPS) is 10.6. The molecule has 1 aromatic heterocycles. The first kappa shape index (κ1) is 8.26. The lowest BCUT2D eigenvalue weighted by atomic mass is 10.1. The number of hydrogen-bond acceptors (Lipinski definition) is 2. The molecular formula is C9H5ClFNO. The molecule has 0 spiro atoms. The van der Waals surface area contributed by atoms with Crippen molar-refractivity contribution in [1.82, 2.24) is 4.98 Å². The number of aromatic hydroxyl groups is 1. The first-order valence-electron chi connectivity index (χ1n) is 3.61. The van der Waals surface area contributed by atoms with Crippen LogP contribution in [0.4, 0.5) is 4.39 Å². The summed E-state index contributed by atoms with van der Waals surface area (Å²) in [7, 11) is 0. The summed E-state index contributed by atoms with van der Waals surface area (Å²) in [6.07, 6.45) is 1.24. The molecule has 66 valence electrons. The largest absolute Gasteiger partial charge is 0.506 e. The van der Waals surface area contributed by atoms with Crippen molar-refractivity contribution in [3.63, 3.8) is 0 Å². The van der Waals surface area contributed by atoms with Crippen LogP contribution in [0.3, 0.4) is 0 Å². The van der Waals surface area contributed by atoms with Crippen LogP contribution in [0, 0.1) is 5.82 Å². The van der Waals surface area contributed by atoms with E-state index in [1.54, 1.807) is 0 Å². The highest BCUT2D eigenvalue weighted by Crippen LogP contribution is 2.28. The Balaban J connectivity index is 2.92. The zero-order valence-corrected chi connectivity index (χ0v) is 7.22. The number of aromatic nitrogens is 1. The molecule has 13 heavy (non-hydrogen) atoms. The number of halogens is 2. The molecule has 0 unspecified atom stereocenters. The summed E-state index contributed by atoms with van der Waals surface area (Å²) in [5.74, 6) is -0.402. The van der Waals surface area contributed by atoms with E-state index >= 15 is 0 Å². The van der Waals surface area contributed by atoms with Gasteiger partial charge in [0.1, 0.15) is 16.7 Å². The Morgan fingerprint density at radius 2 is 2.08 bits per heavy atom. The Labute approximate surface area is 78.6 Å². The van der Waals surface area contributed by atoms with Crippen molar-refractivity contribution in [2.24, 2.45) is 0 Å². The van der Waals surface area contributed by atoms with Crippen LogP contribution in [0.1, 0.15) is 0 Å². The second-order valence-corrected chi connectivity index (χ2v) is 2.98. The van der Waals surface area contributed by atoms with Gasteiger partial charge in [0.15, 0.2) is 0 Å². The van der Waals surface area contributed by atoms with Gasteiger partial charge in [0.25, 0.3) is 0 Å². The summed E-state index contributed by atoms with van der Waals surface area (Å²) < 4.78 is 12.8. The molecule has 1 N–H and O–H groups in total. The van der Waals surface area contributed by atoms with E-state index in [0.717, 1.165) is 0 Å². The molecule has 0 radical (unpaired) electrons. The van der Waals surface area contributed by atoms with Crippen molar-refractivity contribution in [1.29, 1.82) is 0 Å². The highest BCUT2D eigenvalue weighted by atomic mass is 35.5. The van der Waals surface area contributed by atoms with Crippen LogP contribution < -0.4 is 0 Å². The molecule has 0 fully saturated rings. The summed E-state index contributed by atoms with van der Waals surface area (Å²) in [5, 5.41) is 10.4. The summed E-state index contributed by atoms with van der Waals surface area (Å²) in [6.45, 7) is 0. The van der Waals surface area contributed by atoms with E-state index in [4.69, 9.17) is 11.6 Å². The lowest BCUT2D eigenvalue weighted by molar-refractivity contribution is 0.479. The SMILES string of the molecule is Oc1cnc(Cl)c2cc(F)ccc12. The number of benzene rings is 1. The predicted molar refractivity (Wildman–Crippen MR) is 48.4 cm³/mol. The number of nitrogens with zero attached hydrogens (tertiary/aromatic N) is 1. The van der Waals surface area contributed by atoms with Crippen LogP contribution in [-0.2, 0) is 0 Å². The fourth-order valence-corrected chi connectivity index (χ4v) is 1.37. The summed E-state index contributed by atoms with van der Waals surface area (Å²) in [4.78, 5) is 3.70. The van der Waals surface area contributed by atoms with E-state index in [1.165, 1.54) is 24.4 Å². The van der Waals surface area contributed by atoms with Crippen LogP contribution in [0.5, 0.6) is 5.75 Å². The Kier molecular flexibility index (Phi) is 1.81. The lowest BCUT2D eigenvalue weighted by Crippen LogP contribution is -1.82. The lowest BCUT2D eigenvalue weighted by Gasteiger charge is -2.01. The van der Waals surface area contributed by atoms with Crippen molar-refractivity contribution in [2.45, 2.75) is 0 Å². The molecule has 2 aromatic rings. The minimum absolute atomic E-state index is 0.000556. The Bertz CT molecular complexity index is 472. The van der Waals surface area contributed by atoms with Crippen LogP contribution in [0.15, 0.2) is 24.4 Å². The first-order valence-corrected chi connectivity index (χ1v) is 3.99. The van der Waals surface area contributed by atoms with E-state index in [2.05, 4.69) is 4.98 Å². The van der Waals surface area contributed by atoms with Gasteiger partial charge < -0.3 is 5.11 Å². The van der Waals surface area contributed by atoms with Crippen molar-refractivity contribution in [3.05, 3.63) is 35.4 Å².